The normalized spacial score (nSPS) is 15.1. The van der Waals surface area contributed by atoms with Crippen molar-refractivity contribution in [2.24, 2.45) is 16.6 Å². The minimum Gasteiger partial charge on any atom is -0.398 e. The molecule has 0 bridgehead atoms. The van der Waals surface area contributed by atoms with Gasteiger partial charge in [-0.2, -0.15) is 0 Å². The van der Waals surface area contributed by atoms with Crippen molar-refractivity contribution in [3.63, 3.8) is 0 Å². The van der Waals surface area contributed by atoms with Crippen molar-refractivity contribution < 1.29 is 4.79 Å². The number of carbonyl (C=O) groups excluding carboxylic acids is 1. The van der Waals surface area contributed by atoms with Gasteiger partial charge < -0.3 is 16.4 Å². The summed E-state index contributed by atoms with van der Waals surface area (Å²) in [4.78, 5) is 20.9. The zero-order valence-corrected chi connectivity index (χ0v) is 22.1. The van der Waals surface area contributed by atoms with E-state index in [1.54, 1.807) is 6.08 Å². The second kappa shape index (κ2) is 14.8. The number of aliphatic imine (C=N–C) groups is 1. The van der Waals surface area contributed by atoms with Crippen molar-refractivity contribution in [2.75, 3.05) is 12.3 Å². The van der Waals surface area contributed by atoms with Crippen LogP contribution < -0.4 is 11.5 Å². The predicted molar refractivity (Wildman–Crippen MR) is 146 cm³/mol. The third kappa shape index (κ3) is 9.28. The molecule has 1 aromatic rings. The first-order valence-corrected chi connectivity index (χ1v) is 12.7. The lowest BCUT2D eigenvalue weighted by molar-refractivity contribution is -0.129. The number of hydrogen-bond donors (Lipinski definition) is 3. The maximum absolute atomic E-state index is 13.3. The van der Waals surface area contributed by atoms with Crippen LogP contribution in [0.2, 0.25) is 0 Å². The Morgan fingerprint density at radius 1 is 1.24 bits per heavy atom. The van der Waals surface area contributed by atoms with Gasteiger partial charge in [0.25, 0.3) is 5.91 Å². The fraction of sp³-hybridized carbons (Fsp3) is 0.556. The lowest BCUT2D eigenvalue weighted by Gasteiger charge is -2.30. The third-order valence-electron chi connectivity index (χ3n) is 6.17. The molecular weight excluding hydrogens is 428 g/mol. The van der Waals surface area contributed by atoms with Crippen LogP contribution in [0.15, 0.2) is 52.5 Å². The van der Waals surface area contributed by atoms with Gasteiger partial charge in [0.05, 0.1) is 11.7 Å². The first-order chi connectivity index (χ1) is 15.7. The van der Waals surface area contributed by atoms with Crippen LogP contribution in [0.1, 0.15) is 84.7 Å². The van der Waals surface area contributed by atoms with Crippen LogP contribution >= 0.6 is 12.6 Å². The van der Waals surface area contributed by atoms with E-state index < -0.39 is 0 Å². The highest BCUT2D eigenvalue weighted by molar-refractivity contribution is 7.80. The highest BCUT2D eigenvalue weighted by atomic mass is 32.1. The Hall–Kier alpha value is -2.21. The minimum absolute atomic E-state index is 0.109. The molecule has 0 aliphatic heterocycles. The van der Waals surface area contributed by atoms with Crippen molar-refractivity contribution in [1.82, 2.24) is 4.90 Å². The molecule has 0 radical (unpaired) electrons. The molecule has 33 heavy (non-hydrogen) atoms. The van der Waals surface area contributed by atoms with E-state index in [1.165, 1.54) is 0 Å². The van der Waals surface area contributed by atoms with Crippen LogP contribution in [0.3, 0.4) is 0 Å². The van der Waals surface area contributed by atoms with Crippen LogP contribution in [-0.4, -0.2) is 29.1 Å². The number of nitrogens with two attached hydrogens (primary N) is 2. The van der Waals surface area contributed by atoms with Crippen LogP contribution in [0, 0.1) is 5.92 Å². The molecule has 6 heteroatoms. The van der Waals surface area contributed by atoms with E-state index in [0.29, 0.717) is 24.6 Å². The van der Waals surface area contributed by atoms with E-state index in [1.807, 2.05) is 29.2 Å². The number of nitrogens with zero attached hydrogens (tertiary/aromatic N) is 2. The van der Waals surface area contributed by atoms with Gasteiger partial charge in [-0.3, -0.25) is 9.79 Å². The number of rotatable bonds is 14. The summed E-state index contributed by atoms with van der Waals surface area (Å²) in [6, 6.07) is 5.76. The molecule has 0 aliphatic rings. The molecule has 1 amide bonds. The number of benzene rings is 1. The highest BCUT2D eigenvalue weighted by Crippen LogP contribution is 2.28. The van der Waals surface area contributed by atoms with Crippen molar-refractivity contribution in [1.29, 1.82) is 0 Å². The third-order valence-corrected chi connectivity index (χ3v) is 6.56. The molecule has 0 aromatic heterocycles. The second-order valence-electron chi connectivity index (χ2n) is 8.89. The Kier molecular flexibility index (Phi) is 13.0. The molecule has 0 heterocycles. The summed E-state index contributed by atoms with van der Waals surface area (Å²) in [7, 11) is 0. The van der Waals surface area contributed by atoms with E-state index in [9.17, 15) is 4.79 Å². The van der Waals surface area contributed by atoms with Gasteiger partial charge in [-0.1, -0.05) is 52.7 Å². The Labute approximate surface area is 206 Å². The monoisotopic (exact) mass is 472 g/mol. The predicted octanol–water partition coefficient (Wildman–Crippen LogP) is 6.32. The lowest BCUT2D eigenvalue weighted by atomic mass is 10.0. The Balaban J connectivity index is 3.25. The van der Waals surface area contributed by atoms with E-state index >= 15 is 0 Å². The number of thiol groups is 1. The van der Waals surface area contributed by atoms with Crippen molar-refractivity contribution >= 4 is 29.9 Å². The molecule has 0 saturated carbocycles. The zero-order chi connectivity index (χ0) is 25.0. The summed E-state index contributed by atoms with van der Waals surface area (Å²) in [6.45, 7) is 15.3. The number of allylic oxidation sites excluding steroid dienone is 1. The Morgan fingerprint density at radius 2 is 1.94 bits per heavy atom. The van der Waals surface area contributed by atoms with Gasteiger partial charge >= 0.3 is 0 Å². The number of hydrogen-bond acceptors (Lipinski definition) is 5. The maximum Gasteiger partial charge on any atom is 0.270 e. The highest BCUT2D eigenvalue weighted by Gasteiger charge is 2.22. The number of nitrogen functional groups attached to an aromatic ring is 1. The van der Waals surface area contributed by atoms with Gasteiger partial charge in [0.2, 0.25) is 0 Å². The summed E-state index contributed by atoms with van der Waals surface area (Å²) < 4.78 is 0. The number of carbonyl (C=O) groups is 1. The minimum atomic E-state index is -0.134. The Morgan fingerprint density at radius 3 is 2.48 bits per heavy atom. The molecule has 0 spiro atoms. The van der Waals surface area contributed by atoms with Gasteiger partial charge in [0.15, 0.2) is 0 Å². The van der Waals surface area contributed by atoms with Crippen LogP contribution in [0.25, 0.3) is 0 Å². The molecular formula is C27H44N4OS. The van der Waals surface area contributed by atoms with Crippen molar-refractivity contribution in [3.05, 3.63) is 48.2 Å². The van der Waals surface area contributed by atoms with E-state index in [4.69, 9.17) is 16.5 Å². The van der Waals surface area contributed by atoms with Crippen LogP contribution in [0.4, 0.5) is 5.69 Å². The van der Waals surface area contributed by atoms with Crippen molar-refractivity contribution in [3.8, 4) is 0 Å². The summed E-state index contributed by atoms with van der Waals surface area (Å²) in [6.07, 6.45) is 8.88. The summed E-state index contributed by atoms with van der Waals surface area (Å²) >= 11 is 4.46. The largest absolute Gasteiger partial charge is 0.398 e. The summed E-state index contributed by atoms with van der Waals surface area (Å²) in [5, 5.41) is 0. The van der Waals surface area contributed by atoms with E-state index in [0.717, 1.165) is 48.3 Å². The van der Waals surface area contributed by atoms with Gasteiger partial charge in [-0.25, -0.2) is 0 Å². The number of amides is 1. The topological polar surface area (TPSA) is 84.7 Å². The standard InChI is InChI=1S/C27H44N4OS/c1-7-11-22(30-25(12-8-2)21-13-14-23(28)26(33)17-21)18-24(29)27(32)31(20(6)10-4)16-15-19(5)9-3/h8,13-14,17-20,25,33H,2,7,9-12,15-16,28-29H2,1,3-6H3. The van der Waals surface area contributed by atoms with Crippen LogP contribution in [-0.2, 0) is 4.79 Å². The fourth-order valence-corrected chi connectivity index (χ4v) is 3.76. The lowest BCUT2D eigenvalue weighted by Crippen LogP contribution is -2.42. The molecule has 0 fully saturated rings. The quantitative estimate of drug-likeness (QED) is 0.0973. The summed E-state index contributed by atoms with van der Waals surface area (Å²) in [5.74, 6) is 0.463. The molecule has 3 unspecified atom stereocenters. The molecule has 4 N–H and O–H groups in total. The summed E-state index contributed by atoms with van der Waals surface area (Å²) in [5.41, 5.74) is 15.0. The van der Waals surface area contributed by atoms with Gasteiger partial charge in [0, 0.05) is 28.9 Å². The van der Waals surface area contributed by atoms with Gasteiger partial charge in [0.1, 0.15) is 0 Å². The first-order valence-electron chi connectivity index (χ1n) is 12.2. The molecule has 1 aromatic carbocycles. The second-order valence-corrected chi connectivity index (χ2v) is 9.37. The van der Waals surface area contributed by atoms with Crippen molar-refractivity contribution in [2.45, 2.75) is 90.1 Å². The van der Waals surface area contributed by atoms with Crippen LogP contribution in [0.5, 0.6) is 0 Å². The van der Waals surface area contributed by atoms with Gasteiger partial charge in [-0.15, -0.1) is 19.2 Å². The Bertz CT molecular complexity index is 833. The van der Waals surface area contributed by atoms with E-state index in [2.05, 4.69) is 53.8 Å². The zero-order valence-electron chi connectivity index (χ0n) is 21.2. The fourth-order valence-electron chi connectivity index (χ4n) is 3.53. The average Bonchev–Trinajstić information content (AvgIpc) is 2.80. The average molecular weight is 473 g/mol. The van der Waals surface area contributed by atoms with Gasteiger partial charge in [-0.05, 0) is 62.3 Å². The molecule has 0 saturated heterocycles. The maximum atomic E-state index is 13.3. The molecule has 0 aliphatic carbocycles. The SMILES string of the molecule is C=CCC(N=C(C=C(N)C(=O)N(CCC(C)CC)C(C)CC)CCC)c1ccc(N)c(S)c1. The number of anilines is 1. The van der Waals surface area contributed by atoms with E-state index in [-0.39, 0.29) is 23.7 Å². The molecule has 1 rings (SSSR count). The smallest absolute Gasteiger partial charge is 0.270 e. The molecule has 3 atom stereocenters. The molecule has 5 nitrogen and oxygen atoms in total. The molecule has 184 valence electrons. The first kappa shape index (κ1) is 28.8.